The Labute approximate surface area is 297 Å². The topological polar surface area (TPSA) is 135 Å². The van der Waals surface area contributed by atoms with E-state index in [9.17, 15) is 24.3 Å². The van der Waals surface area contributed by atoms with Gasteiger partial charge in [-0.1, -0.05) is 66.7 Å². The van der Waals surface area contributed by atoms with Crippen LogP contribution in [0, 0.1) is 0 Å². The van der Waals surface area contributed by atoms with Crippen LogP contribution in [0.4, 0.5) is 0 Å². The predicted molar refractivity (Wildman–Crippen MR) is 189 cm³/mol. The Morgan fingerprint density at radius 3 is 2.35 bits per heavy atom. The molecule has 0 saturated carbocycles. The standard InChI is InChI=1S/C40H43N3O8/c1-42(2)35(45)17-16-27-12-9-15-28(20-27)39(48)49-33-22-31(23-34-36(33)51-40(50-34)24-29-13-7-8-14-30(29)25-40)38(47)43(3)32(37(46)41-18-19-44)21-26-10-5-4-6-11-26/h4-17,20,23,32-34,36,44H,18-19,21-22,24-25H2,1-3H3,(H,41,46)/t32-,33-,34-,36+/m1/s1. The second-order valence-corrected chi connectivity index (χ2v) is 13.4. The smallest absolute Gasteiger partial charge is 0.338 e. The number of carbonyl (C=O) groups is 4. The summed E-state index contributed by atoms with van der Waals surface area (Å²) >= 11 is 0. The fourth-order valence-corrected chi connectivity index (χ4v) is 6.85. The molecule has 51 heavy (non-hydrogen) atoms. The van der Waals surface area contributed by atoms with Crippen LogP contribution >= 0.6 is 0 Å². The average Bonchev–Trinajstić information content (AvgIpc) is 3.69. The summed E-state index contributed by atoms with van der Waals surface area (Å²) in [5, 5.41) is 12.1. The number of amides is 3. The summed E-state index contributed by atoms with van der Waals surface area (Å²) in [6.07, 6.45) is 3.85. The van der Waals surface area contributed by atoms with Gasteiger partial charge in [0.25, 0.3) is 0 Å². The maximum absolute atomic E-state index is 14.3. The van der Waals surface area contributed by atoms with E-state index in [0.29, 0.717) is 24.0 Å². The van der Waals surface area contributed by atoms with Crippen LogP contribution in [-0.2, 0) is 47.9 Å². The third-order valence-corrected chi connectivity index (χ3v) is 9.50. The molecule has 2 aliphatic carbocycles. The highest BCUT2D eigenvalue weighted by Crippen LogP contribution is 2.45. The second-order valence-electron chi connectivity index (χ2n) is 13.4. The molecule has 266 valence electrons. The maximum Gasteiger partial charge on any atom is 0.338 e. The lowest BCUT2D eigenvalue weighted by molar-refractivity contribution is -0.172. The third-order valence-electron chi connectivity index (χ3n) is 9.50. The molecule has 3 aromatic carbocycles. The molecule has 0 unspecified atom stereocenters. The van der Waals surface area contributed by atoms with E-state index in [2.05, 4.69) is 5.32 Å². The molecule has 1 saturated heterocycles. The first-order valence-corrected chi connectivity index (χ1v) is 17.1. The SMILES string of the molecule is CN(C)C(=O)C=Cc1cccc(C(=O)O[C@@H]2CC(C(=O)N(C)[C@H](Cc3ccccc3)C(=O)NCCO)=C[C@H]3OC4(Cc5ccccc5C4)O[C@H]32)c1. The number of esters is 1. The molecule has 1 aliphatic heterocycles. The van der Waals surface area contributed by atoms with Gasteiger partial charge in [-0.05, 0) is 46.5 Å². The number of carbonyl (C=O) groups excluding carboxylic acids is 4. The number of hydrogen-bond acceptors (Lipinski definition) is 8. The van der Waals surface area contributed by atoms with E-state index in [1.54, 1.807) is 57.6 Å². The summed E-state index contributed by atoms with van der Waals surface area (Å²) in [5.74, 6) is -2.59. The lowest BCUT2D eigenvalue weighted by Gasteiger charge is -2.33. The summed E-state index contributed by atoms with van der Waals surface area (Å²) in [4.78, 5) is 56.2. The van der Waals surface area contributed by atoms with Gasteiger partial charge in [0, 0.05) is 65.0 Å². The first kappa shape index (κ1) is 35.7. The predicted octanol–water partition coefficient (Wildman–Crippen LogP) is 3.10. The number of benzene rings is 3. The number of nitrogens with one attached hydrogen (secondary N) is 1. The molecule has 0 radical (unpaired) electrons. The molecule has 3 aromatic rings. The van der Waals surface area contributed by atoms with Crippen molar-refractivity contribution in [2.24, 2.45) is 0 Å². The van der Waals surface area contributed by atoms with Crippen LogP contribution in [0.3, 0.4) is 0 Å². The van der Waals surface area contributed by atoms with Crippen molar-refractivity contribution >= 4 is 29.8 Å². The van der Waals surface area contributed by atoms with Gasteiger partial charge < -0.3 is 34.4 Å². The van der Waals surface area contributed by atoms with E-state index in [1.165, 1.54) is 15.9 Å². The first-order chi connectivity index (χ1) is 24.6. The van der Waals surface area contributed by atoms with Crippen molar-refractivity contribution < 1.29 is 38.5 Å². The Bertz CT molecular complexity index is 1810. The monoisotopic (exact) mass is 693 g/mol. The zero-order valence-corrected chi connectivity index (χ0v) is 29.0. The number of aliphatic hydroxyl groups excluding tert-OH is 1. The number of likely N-dealkylation sites (N-methyl/N-ethyl adjacent to an activating group) is 2. The largest absolute Gasteiger partial charge is 0.456 e. The van der Waals surface area contributed by atoms with E-state index < -0.39 is 47.9 Å². The van der Waals surface area contributed by atoms with E-state index in [-0.39, 0.29) is 37.5 Å². The van der Waals surface area contributed by atoms with Gasteiger partial charge in [-0.3, -0.25) is 14.4 Å². The van der Waals surface area contributed by atoms with Crippen molar-refractivity contribution in [2.75, 3.05) is 34.3 Å². The summed E-state index contributed by atoms with van der Waals surface area (Å²) in [5.41, 5.74) is 4.34. The van der Waals surface area contributed by atoms with E-state index in [0.717, 1.165) is 16.7 Å². The number of nitrogens with zero attached hydrogens (tertiary/aromatic N) is 2. The minimum Gasteiger partial charge on any atom is -0.456 e. The number of hydrogen-bond donors (Lipinski definition) is 2. The Morgan fingerprint density at radius 2 is 1.67 bits per heavy atom. The lowest BCUT2D eigenvalue weighted by atomic mass is 9.90. The van der Waals surface area contributed by atoms with Gasteiger partial charge in [0.2, 0.25) is 17.7 Å². The molecule has 1 heterocycles. The van der Waals surface area contributed by atoms with Crippen molar-refractivity contribution in [1.82, 2.24) is 15.1 Å². The summed E-state index contributed by atoms with van der Waals surface area (Å²) in [6.45, 7) is -0.186. The van der Waals surface area contributed by atoms with Crippen LogP contribution < -0.4 is 5.32 Å². The Morgan fingerprint density at radius 1 is 0.961 bits per heavy atom. The number of fused-ring (bicyclic) bond motifs is 2. The highest BCUT2D eigenvalue weighted by atomic mass is 16.8. The highest BCUT2D eigenvalue weighted by Gasteiger charge is 2.55. The Kier molecular flexibility index (Phi) is 10.8. The van der Waals surface area contributed by atoms with Crippen molar-refractivity contribution in [1.29, 1.82) is 0 Å². The van der Waals surface area contributed by atoms with Gasteiger partial charge in [0.1, 0.15) is 24.4 Å². The van der Waals surface area contributed by atoms with Crippen LogP contribution in [0.5, 0.6) is 0 Å². The molecule has 2 N–H and O–H groups in total. The van der Waals surface area contributed by atoms with Gasteiger partial charge in [-0.2, -0.15) is 0 Å². The van der Waals surface area contributed by atoms with Gasteiger partial charge in [-0.15, -0.1) is 0 Å². The van der Waals surface area contributed by atoms with Crippen molar-refractivity contribution in [3.63, 3.8) is 0 Å². The van der Waals surface area contributed by atoms with Crippen LogP contribution in [-0.4, -0.2) is 103 Å². The van der Waals surface area contributed by atoms with Crippen LogP contribution in [0.1, 0.15) is 39.0 Å². The quantitative estimate of drug-likeness (QED) is 0.231. The lowest BCUT2D eigenvalue weighted by Crippen LogP contribution is -2.51. The van der Waals surface area contributed by atoms with Gasteiger partial charge in [0.05, 0.1) is 12.2 Å². The second kappa shape index (κ2) is 15.4. The molecule has 4 atom stereocenters. The van der Waals surface area contributed by atoms with E-state index in [1.807, 2.05) is 54.6 Å². The van der Waals surface area contributed by atoms with E-state index >= 15 is 0 Å². The summed E-state index contributed by atoms with van der Waals surface area (Å²) < 4.78 is 19.4. The van der Waals surface area contributed by atoms with Crippen LogP contribution in [0.15, 0.2) is 96.6 Å². The normalized spacial score (nSPS) is 20.6. The minimum atomic E-state index is -0.978. The number of ether oxygens (including phenoxy) is 3. The van der Waals surface area contributed by atoms with Gasteiger partial charge >= 0.3 is 5.97 Å². The van der Waals surface area contributed by atoms with Gasteiger partial charge in [0.15, 0.2) is 5.79 Å². The van der Waals surface area contributed by atoms with Crippen LogP contribution in [0.2, 0.25) is 0 Å². The fraction of sp³-hybridized carbons (Fsp3) is 0.350. The third kappa shape index (κ3) is 8.12. The molecule has 0 aromatic heterocycles. The zero-order valence-electron chi connectivity index (χ0n) is 29.0. The molecule has 3 amide bonds. The molecule has 11 nitrogen and oxygen atoms in total. The summed E-state index contributed by atoms with van der Waals surface area (Å²) in [7, 11) is 4.88. The molecule has 3 aliphatic rings. The molecular weight excluding hydrogens is 650 g/mol. The zero-order chi connectivity index (χ0) is 36.1. The molecule has 0 bridgehead atoms. The highest BCUT2D eigenvalue weighted by molar-refractivity contribution is 5.97. The number of aliphatic hydroxyl groups is 1. The molecule has 1 fully saturated rings. The van der Waals surface area contributed by atoms with Crippen molar-refractivity contribution in [2.45, 2.75) is 55.8 Å². The van der Waals surface area contributed by atoms with Crippen molar-refractivity contribution in [3.8, 4) is 0 Å². The maximum atomic E-state index is 14.3. The van der Waals surface area contributed by atoms with Crippen LogP contribution in [0.25, 0.3) is 6.08 Å². The Balaban J connectivity index is 1.27. The van der Waals surface area contributed by atoms with Crippen molar-refractivity contribution in [3.05, 3.63) is 124 Å². The molecule has 6 rings (SSSR count). The van der Waals surface area contributed by atoms with Gasteiger partial charge in [-0.25, -0.2) is 4.79 Å². The Hall–Kier alpha value is -5.10. The van der Waals surface area contributed by atoms with E-state index in [4.69, 9.17) is 14.2 Å². The average molecular weight is 694 g/mol. The fourth-order valence-electron chi connectivity index (χ4n) is 6.85. The molecule has 1 spiro atoms. The summed E-state index contributed by atoms with van der Waals surface area (Å²) in [6, 6.07) is 23.3. The first-order valence-electron chi connectivity index (χ1n) is 17.1. The molecular formula is C40H43N3O8. The molecule has 11 heteroatoms. The minimum absolute atomic E-state index is 0.0374. The number of rotatable bonds is 11.